The van der Waals surface area contributed by atoms with Gasteiger partial charge < -0.3 is 24.8 Å². The predicted molar refractivity (Wildman–Crippen MR) is 62.3 cm³/mol. The molecule has 2 aromatic rings. The molecule has 0 aromatic heterocycles. The van der Waals surface area contributed by atoms with Crippen molar-refractivity contribution in [3.05, 3.63) is 71.8 Å². The Morgan fingerprint density at radius 1 is 0.579 bits per heavy atom. The van der Waals surface area contributed by atoms with Gasteiger partial charge in [-0.05, 0) is 24.3 Å². The van der Waals surface area contributed by atoms with Crippen molar-refractivity contribution >= 4 is 0 Å². The smallest absolute Gasteiger partial charge is 1.00 e. The molecule has 0 heterocycles. The summed E-state index contributed by atoms with van der Waals surface area (Å²) in [7, 11) is 0. The number of nitrogens with zero attached hydrogens (tertiary/aromatic N) is 2. The number of benzene rings is 2. The Bertz CT molecular complexity index is 455. The Morgan fingerprint density at radius 2 is 0.842 bits per heavy atom. The molecule has 0 amide bonds. The van der Waals surface area contributed by atoms with Crippen LogP contribution in [0, 0.1) is 22.7 Å². The van der Waals surface area contributed by atoms with Crippen molar-refractivity contribution in [3.8, 4) is 12.1 Å². The first-order valence-corrected chi connectivity index (χ1v) is 4.77. The maximum Gasteiger partial charge on any atom is 4.00 e. The number of hydrogen-bond acceptors (Lipinski definition) is 2. The molecule has 0 aliphatic rings. The number of hydrogen-bond donors (Lipinski definition) is 0. The fourth-order valence-corrected chi connectivity index (χ4v) is 1.03. The molecule has 0 saturated carbocycles. The topological polar surface area (TPSA) is 47.6 Å². The van der Waals surface area contributed by atoms with Gasteiger partial charge in [-0.25, -0.2) is 0 Å². The minimum atomic E-state index is 0. The fraction of sp³-hybridized carbons (Fsp3) is 0. The zero-order valence-electron chi connectivity index (χ0n) is 9.74. The molecule has 2 rings (SSSR count). The molecule has 0 N–H and O–H groups in total. The van der Waals surface area contributed by atoms with Crippen molar-refractivity contribution in [3.63, 3.8) is 0 Å². The minimum absolute atomic E-state index is 0. The molecule has 98 valence electrons. The van der Waals surface area contributed by atoms with E-state index in [1.807, 2.05) is 48.5 Å². The average molecular weight is 472 g/mol. The molecule has 0 saturated heterocycles. The summed E-state index contributed by atoms with van der Waals surface area (Å²) in [4.78, 5) is 0. The third-order valence-electron chi connectivity index (χ3n) is 1.81. The van der Waals surface area contributed by atoms with Gasteiger partial charge in [0.05, 0.1) is 23.3 Å². The van der Waals surface area contributed by atoms with Crippen LogP contribution in [0.4, 0.5) is 0 Å². The molecule has 0 atom stereocenters. The van der Waals surface area contributed by atoms with Crippen molar-refractivity contribution in [2.75, 3.05) is 0 Å². The van der Waals surface area contributed by atoms with Gasteiger partial charge >= 0.3 is 21.1 Å². The summed E-state index contributed by atoms with van der Waals surface area (Å²) in [6.45, 7) is 0. The molecule has 0 fully saturated rings. The second-order valence-electron chi connectivity index (χ2n) is 2.96. The van der Waals surface area contributed by atoms with Gasteiger partial charge in [0.1, 0.15) is 0 Å². The van der Waals surface area contributed by atoms with Gasteiger partial charge in [0.15, 0.2) is 0 Å². The van der Waals surface area contributed by atoms with Crippen LogP contribution in [0.3, 0.4) is 0 Å². The van der Waals surface area contributed by atoms with E-state index in [9.17, 15) is 0 Å². The molecule has 2 aromatic carbocycles. The third-order valence-corrected chi connectivity index (χ3v) is 1.81. The minimum Gasteiger partial charge on any atom is -1.00 e. The second kappa shape index (κ2) is 14.7. The van der Waals surface area contributed by atoms with Gasteiger partial charge in [0.2, 0.25) is 0 Å². The van der Waals surface area contributed by atoms with Crippen LogP contribution >= 0.6 is 0 Å². The Hall–Kier alpha value is -1.31. The fourth-order valence-electron chi connectivity index (χ4n) is 1.03. The summed E-state index contributed by atoms with van der Waals surface area (Å²) in [6, 6.07) is 22.3. The van der Waals surface area contributed by atoms with E-state index in [4.69, 9.17) is 10.5 Å². The quantitative estimate of drug-likeness (QED) is 0.414. The second-order valence-corrected chi connectivity index (χ2v) is 2.96. The molecule has 0 aliphatic carbocycles. The van der Waals surface area contributed by atoms with Crippen LogP contribution in [0.15, 0.2) is 60.7 Å². The van der Waals surface area contributed by atoms with Gasteiger partial charge in [-0.2, -0.15) is 10.5 Å². The van der Waals surface area contributed by atoms with E-state index < -0.39 is 0 Å². The molecule has 0 unspecified atom stereocenters. The Balaban J connectivity index is -0.000000233. The first-order chi connectivity index (χ1) is 7.86. The largest absolute Gasteiger partial charge is 4.00 e. The third kappa shape index (κ3) is 10.3. The number of halogens is 2. The van der Waals surface area contributed by atoms with Crippen LogP contribution < -0.4 is 24.8 Å². The summed E-state index contributed by atoms with van der Waals surface area (Å²) in [5.74, 6) is 0. The zero-order valence-corrected chi connectivity index (χ0v) is 13.5. The molecule has 19 heavy (non-hydrogen) atoms. The summed E-state index contributed by atoms with van der Waals surface area (Å²) >= 11 is 0. The normalized spacial score (nSPS) is 6.63. The summed E-state index contributed by atoms with van der Waals surface area (Å²) in [5.41, 5.74) is 1.43. The first kappa shape index (κ1) is 22.8. The molecule has 0 radical (unpaired) electrons. The predicted octanol–water partition coefficient (Wildman–Crippen LogP) is -2.88. The molecular formula is C14H10Cl2N2Pt+2. The van der Waals surface area contributed by atoms with E-state index in [1.54, 1.807) is 24.3 Å². The van der Waals surface area contributed by atoms with Crippen molar-refractivity contribution < 1.29 is 45.9 Å². The van der Waals surface area contributed by atoms with Gasteiger partial charge in [0.25, 0.3) is 0 Å². The molecule has 0 spiro atoms. The van der Waals surface area contributed by atoms with Crippen molar-refractivity contribution in [1.29, 1.82) is 10.5 Å². The standard InChI is InChI=1S/2C7H5N.2ClH.Pt/c2*8-6-7-4-2-1-3-5-7;;;/h2*1-5H;2*1H;/q;;;;+4/p-2. The van der Waals surface area contributed by atoms with Gasteiger partial charge in [-0.3, -0.25) is 0 Å². The average Bonchev–Trinajstić information content (AvgIpc) is 2.41. The summed E-state index contributed by atoms with van der Waals surface area (Å²) in [5, 5.41) is 16.6. The van der Waals surface area contributed by atoms with Crippen molar-refractivity contribution in [2.24, 2.45) is 0 Å². The molecule has 2 nitrogen and oxygen atoms in total. The zero-order chi connectivity index (χ0) is 11.6. The van der Waals surface area contributed by atoms with E-state index in [-0.39, 0.29) is 45.9 Å². The van der Waals surface area contributed by atoms with Crippen molar-refractivity contribution in [2.45, 2.75) is 0 Å². The summed E-state index contributed by atoms with van der Waals surface area (Å²) in [6.07, 6.45) is 0. The Kier molecular flexibility index (Phi) is 17.7. The van der Waals surface area contributed by atoms with Crippen LogP contribution in [0.2, 0.25) is 0 Å². The molecule has 0 aliphatic heterocycles. The first-order valence-electron chi connectivity index (χ1n) is 4.77. The van der Waals surface area contributed by atoms with Crippen LogP contribution in [-0.4, -0.2) is 0 Å². The van der Waals surface area contributed by atoms with E-state index >= 15 is 0 Å². The number of rotatable bonds is 0. The van der Waals surface area contributed by atoms with Crippen LogP contribution in [0.1, 0.15) is 11.1 Å². The molecule has 5 heteroatoms. The van der Waals surface area contributed by atoms with Gasteiger partial charge in [0, 0.05) is 0 Å². The monoisotopic (exact) mass is 471 g/mol. The van der Waals surface area contributed by atoms with E-state index in [1.165, 1.54) is 0 Å². The maximum atomic E-state index is 8.29. The van der Waals surface area contributed by atoms with E-state index in [0.717, 1.165) is 0 Å². The Morgan fingerprint density at radius 3 is 1.00 bits per heavy atom. The van der Waals surface area contributed by atoms with Crippen molar-refractivity contribution in [1.82, 2.24) is 0 Å². The van der Waals surface area contributed by atoms with E-state index in [0.29, 0.717) is 11.1 Å². The Labute approximate surface area is 140 Å². The van der Waals surface area contributed by atoms with Crippen LogP contribution in [0.5, 0.6) is 0 Å². The van der Waals surface area contributed by atoms with Crippen LogP contribution in [-0.2, 0) is 21.1 Å². The number of nitriles is 2. The maximum absolute atomic E-state index is 8.29. The van der Waals surface area contributed by atoms with Gasteiger partial charge in [-0.15, -0.1) is 0 Å². The molecule has 0 bridgehead atoms. The summed E-state index contributed by atoms with van der Waals surface area (Å²) < 4.78 is 0. The SMILES string of the molecule is N#Cc1ccccc1.N#Cc1ccccc1.[Cl-].[Cl-].[Pt+4]. The van der Waals surface area contributed by atoms with E-state index in [2.05, 4.69) is 0 Å². The van der Waals surface area contributed by atoms with Crippen LogP contribution in [0.25, 0.3) is 0 Å². The van der Waals surface area contributed by atoms with Gasteiger partial charge in [-0.1, -0.05) is 36.4 Å². The molecular weight excluding hydrogens is 462 g/mol.